The Hall–Kier alpha value is -2.25. The highest BCUT2D eigenvalue weighted by Crippen LogP contribution is 2.35. The van der Waals surface area contributed by atoms with Crippen LogP contribution in [0.5, 0.6) is 0 Å². The van der Waals surface area contributed by atoms with Gasteiger partial charge in [-0.15, -0.1) is 0 Å². The van der Waals surface area contributed by atoms with E-state index in [1.807, 2.05) is 0 Å². The first-order valence-electron chi connectivity index (χ1n) is 8.10. The van der Waals surface area contributed by atoms with Crippen molar-refractivity contribution in [1.82, 2.24) is 15.6 Å². The maximum absolute atomic E-state index is 14.6. The van der Waals surface area contributed by atoms with Crippen molar-refractivity contribution in [2.75, 3.05) is 6.54 Å². The standard InChI is InChI=1S/C18H15Cl2F2N3O2/c1-8-12(19)4-9(6-23-8)11(5-15(26)14-7-24-18(27)25-14)10-2-3-13(21)16(20)17(10)22/h2-4,6,11,14H,5,7H2,1H3,(H2,24,25,27)/t11?,14-/m0/s1. The normalized spacial score (nSPS) is 17.4. The Morgan fingerprint density at radius 1 is 1.37 bits per heavy atom. The number of rotatable bonds is 5. The van der Waals surface area contributed by atoms with Gasteiger partial charge in [-0.3, -0.25) is 9.78 Å². The van der Waals surface area contributed by atoms with Gasteiger partial charge in [0, 0.05) is 25.1 Å². The quantitative estimate of drug-likeness (QED) is 0.733. The van der Waals surface area contributed by atoms with Crippen LogP contribution >= 0.6 is 23.2 Å². The number of nitrogens with zero attached hydrogens (tertiary/aromatic N) is 1. The summed E-state index contributed by atoms with van der Waals surface area (Å²) in [5.41, 5.74) is 1.11. The number of aromatic nitrogens is 1. The lowest BCUT2D eigenvalue weighted by Crippen LogP contribution is -2.35. The molecule has 2 atom stereocenters. The highest BCUT2D eigenvalue weighted by molar-refractivity contribution is 6.31. The first-order valence-corrected chi connectivity index (χ1v) is 8.86. The van der Waals surface area contributed by atoms with Gasteiger partial charge < -0.3 is 10.6 Å². The number of amides is 2. The molecule has 3 rings (SSSR count). The average Bonchev–Trinajstić information content (AvgIpc) is 3.07. The van der Waals surface area contributed by atoms with Crippen LogP contribution in [0.25, 0.3) is 0 Å². The van der Waals surface area contributed by atoms with Crippen molar-refractivity contribution in [2.45, 2.75) is 25.3 Å². The van der Waals surface area contributed by atoms with Crippen molar-refractivity contribution in [3.05, 3.63) is 62.9 Å². The highest BCUT2D eigenvalue weighted by Gasteiger charge is 2.31. The molecule has 0 spiro atoms. The summed E-state index contributed by atoms with van der Waals surface area (Å²) in [5.74, 6) is -2.94. The second-order valence-electron chi connectivity index (χ2n) is 6.23. The summed E-state index contributed by atoms with van der Waals surface area (Å²) in [6.45, 7) is 1.85. The Kier molecular flexibility index (Phi) is 5.62. The number of carbonyl (C=O) groups excluding carboxylic acids is 2. The first-order chi connectivity index (χ1) is 12.8. The van der Waals surface area contributed by atoms with Crippen LogP contribution < -0.4 is 10.6 Å². The van der Waals surface area contributed by atoms with Gasteiger partial charge in [0.1, 0.15) is 22.7 Å². The fraction of sp³-hybridized carbons (Fsp3) is 0.278. The van der Waals surface area contributed by atoms with E-state index in [-0.39, 0.29) is 24.3 Å². The molecule has 1 aromatic heterocycles. The second kappa shape index (κ2) is 7.78. The molecule has 1 aliphatic heterocycles. The molecule has 1 saturated heterocycles. The monoisotopic (exact) mass is 413 g/mol. The Labute approximate surface area is 164 Å². The van der Waals surface area contributed by atoms with Crippen molar-refractivity contribution in [3.8, 4) is 0 Å². The van der Waals surface area contributed by atoms with Crippen LogP contribution in [-0.4, -0.2) is 29.4 Å². The Morgan fingerprint density at radius 2 is 2.11 bits per heavy atom. The third-order valence-corrected chi connectivity index (χ3v) is 5.18. The third-order valence-electron chi connectivity index (χ3n) is 4.46. The summed E-state index contributed by atoms with van der Waals surface area (Å²) in [5, 5.41) is 4.70. The van der Waals surface area contributed by atoms with Crippen molar-refractivity contribution in [2.24, 2.45) is 0 Å². The lowest BCUT2D eigenvalue weighted by Gasteiger charge is -2.20. The van der Waals surface area contributed by atoms with Crippen molar-refractivity contribution < 1.29 is 18.4 Å². The predicted octanol–water partition coefficient (Wildman–Crippen LogP) is 3.75. The van der Waals surface area contributed by atoms with Gasteiger partial charge in [0.15, 0.2) is 5.78 Å². The molecule has 2 aromatic rings. The molecule has 0 aliphatic carbocycles. The summed E-state index contributed by atoms with van der Waals surface area (Å²) in [6.07, 6.45) is 1.34. The van der Waals surface area contributed by atoms with Gasteiger partial charge >= 0.3 is 6.03 Å². The van der Waals surface area contributed by atoms with Gasteiger partial charge in [-0.1, -0.05) is 29.3 Å². The molecule has 1 unspecified atom stereocenters. The van der Waals surface area contributed by atoms with E-state index in [0.717, 1.165) is 6.07 Å². The number of urea groups is 1. The summed E-state index contributed by atoms with van der Waals surface area (Å²) in [4.78, 5) is 28.1. The third kappa shape index (κ3) is 4.04. The Bertz CT molecular complexity index is 924. The Balaban J connectivity index is 2.01. The summed E-state index contributed by atoms with van der Waals surface area (Å²) in [6, 6.07) is 2.70. The zero-order chi connectivity index (χ0) is 19.7. The zero-order valence-corrected chi connectivity index (χ0v) is 15.7. The molecule has 2 heterocycles. The van der Waals surface area contributed by atoms with Gasteiger partial charge in [0.05, 0.1) is 10.7 Å². The van der Waals surface area contributed by atoms with Crippen molar-refractivity contribution >= 4 is 35.0 Å². The van der Waals surface area contributed by atoms with Crippen molar-refractivity contribution in [3.63, 3.8) is 0 Å². The molecular weight excluding hydrogens is 399 g/mol. The van der Waals surface area contributed by atoms with E-state index in [0.29, 0.717) is 16.3 Å². The molecule has 27 heavy (non-hydrogen) atoms. The van der Waals surface area contributed by atoms with E-state index >= 15 is 0 Å². The molecule has 0 bridgehead atoms. The molecular formula is C18H15Cl2F2N3O2. The number of Topliss-reactive ketones (excluding diaryl/α,β-unsaturated/α-hetero) is 1. The van der Waals surface area contributed by atoms with E-state index in [1.165, 1.54) is 12.3 Å². The maximum Gasteiger partial charge on any atom is 0.315 e. The molecule has 2 amide bonds. The second-order valence-corrected chi connectivity index (χ2v) is 7.02. The lowest BCUT2D eigenvalue weighted by atomic mass is 9.86. The van der Waals surface area contributed by atoms with E-state index in [2.05, 4.69) is 15.6 Å². The molecule has 9 heteroatoms. The van der Waals surface area contributed by atoms with E-state index in [1.54, 1.807) is 13.0 Å². The minimum atomic E-state index is -0.945. The smallest absolute Gasteiger partial charge is 0.315 e. The molecule has 1 fully saturated rings. The summed E-state index contributed by atoms with van der Waals surface area (Å²) >= 11 is 11.8. The molecule has 142 valence electrons. The minimum absolute atomic E-state index is 0.0498. The predicted molar refractivity (Wildman–Crippen MR) is 97.1 cm³/mol. The topological polar surface area (TPSA) is 71.1 Å². The average molecular weight is 414 g/mol. The molecule has 0 saturated carbocycles. The maximum atomic E-state index is 14.6. The lowest BCUT2D eigenvalue weighted by molar-refractivity contribution is -0.120. The van der Waals surface area contributed by atoms with E-state index in [4.69, 9.17) is 23.2 Å². The van der Waals surface area contributed by atoms with Gasteiger partial charge in [0.25, 0.3) is 0 Å². The molecule has 2 N–H and O–H groups in total. The number of aryl methyl sites for hydroxylation is 1. The number of ketones is 1. The fourth-order valence-corrected chi connectivity index (χ4v) is 3.27. The van der Waals surface area contributed by atoms with Crippen LogP contribution in [0.1, 0.15) is 29.2 Å². The first kappa shape index (κ1) is 19.5. The van der Waals surface area contributed by atoms with Gasteiger partial charge in [-0.2, -0.15) is 0 Å². The minimum Gasteiger partial charge on any atom is -0.336 e. The van der Waals surface area contributed by atoms with Crippen LogP contribution in [0.15, 0.2) is 24.4 Å². The molecule has 5 nitrogen and oxygen atoms in total. The fourth-order valence-electron chi connectivity index (χ4n) is 2.92. The highest BCUT2D eigenvalue weighted by atomic mass is 35.5. The number of benzene rings is 1. The van der Waals surface area contributed by atoms with Crippen LogP contribution in [0, 0.1) is 18.6 Å². The number of carbonyl (C=O) groups is 2. The van der Waals surface area contributed by atoms with Crippen LogP contribution in [0.2, 0.25) is 10.0 Å². The summed E-state index contributed by atoms with van der Waals surface area (Å²) in [7, 11) is 0. The number of pyridine rings is 1. The zero-order valence-electron chi connectivity index (χ0n) is 14.2. The van der Waals surface area contributed by atoms with Crippen molar-refractivity contribution in [1.29, 1.82) is 0 Å². The SMILES string of the molecule is Cc1ncc(C(CC(=O)[C@@H]2CNC(=O)N2)c2ccc(F)c(Cl)c2F)cc1Cl. The van der Waals surface area contributed by atoms with E-state index < -0.39 is 34.6 Å². The number of halogens is 4. The van der Waals surface area contributed by atoms with Crippen LogP contribution in [-0.2, 0) is 4.79 Å². The van der Waals surface area contributed by atoms with Crippen LogP contribution in [0.3, 0.4) is 0 Å². The van der Waals surface area contributed by atoms with Gasteiger partial charge in [0.2, 0.25) is 0 Å². The molecule has 1 aromatic carbocycles. The number of hydrogen-bond donors (Lipinski definition) is 2. The van der Waals surface area contributed by atoms with Crippen LogP contribution in [0.4, 0.5) is 13.6 Å². The summed E-state index contributed by atoms with van der Waals surface area (Å²) < 4.78 is 28.2. The number of hydrogen-bond acceptors (Lipinski definition) is 3. The number of nitrogens with one attached hydrogen (secondary N) is 2. The molecule has 0 radical (unpaired) electrons. The largest absolute Gasteiger partial charge is 0.336 e. The molecule has 1 aliphatic rings. The Morgan fingerprint density at radius 3 is 2.74 bits per heavy atom. The van der Waals surface area contributed by atoms with Gasteiger partial charge in [-0.05, 0) is 30.2 Å². The van der Waals surface area contributed by atoms with Gasteiger partial charge in [-0.25, -0.2) is 13.6 Å². The van der Waals surface area contributed by atoms with E-state index in [9.17, 15) is 18.4 Å².